The first-order valence-electron chi connectivity index (χ1n) is 10.3. The second-order valence-corrected chi connectivity index (χ2v) is 7.66. The summed E-state index contributed by atoms with van der Waals surface area (Å²) in [7, 11) is 0. The zero-order valence-electron chi connectivity index (χ0n) is 16.8. The molecule has 6 nitrogen and oxygen atoms in total. The number of urea groups is 1. The number of aliphatic hydroxyl groups excluding tert-OH is 1. The molecule has 1 aromatic carbocycles. The van der Waals surface area contributed by atoms with Crippen LogP contribution in [-0.2, 0) is 4.79 Å². The van der Waals surface area contributed by atoms with Gasteiger partial charge in [-0.3, -0.25) is 4.79 Å². The fraction of sp³-hybridized carbons (Fsp3) is 0.545. The van der Waals surface area contributed by atoms with Gasteiger partial charge in [-0.15, -0.1) is 0 Å². The highest BCUT2D eigenvalue weighted by Crippen LogP contribution is 2.41. The lowest BCUT2D eigenvalue weighted by Crippen LogP contribution is -2.70. The maximum Gasteiger partial charge on any atom is 0.318 e. The normalized spacial score (nSPS) is 23.8. The van der Waals surface area contributed by atoms with E-state index in [0.29, 0.717) is 13.1 Å². The van der Waals surface area contributed by atoms with Crippen molar-refractivity contribution >= 4 is 17.5 Å². The van der Waals surface area contributed by atoms with Crippen LogP contribution in [0.3, 0.4) is 0 Å². The van der Waals surface area contributed by atoms with Crippen molar-refractivity contribution in [1.29, 1.82) is 0 Å². The molecule has 3 N–H and O–H groups in total. The Bertz CT molecular complexity index is 729. The van der Waals surface area contributed by atoms with Gasteiger partial charge in [-0.2, -0.15) is 0 Å². The van der Waals surface area contributed by atoms with Crippen LogP contribution >= 0.6 is 0 Å². The van der Waals surface area contributed by atoms with Crippen LogP contribution in [0.1, 0.15) is 56.6 Å². The Hall–Kier alpha value is -2.34. The second-order valence-electron chi connectivity index (χ2n) is 7.66. The van der Waals surface area contributed by atoms with E-state index in [1.807, 2.05) is 6.92 Å². The van der Waals surface area contributed by atoms with Gasteiger partial charge in [0.1, 0.15) is 0 Å². The molecular formula is C22H31N3O3. The molecule has 3 rings (SSSR count). The Labute approximate surface area is 167 Å². The minimum absolute atomic E-state index is 0.00386. The zero-order valence-corrected chi connectivity index (χ0v) is 16.8. The van der Waals surface area contributed by atoms with E-state index in [1.165, 1.54) is 24.5 Å². The highest BCUT2D eigenvalue weighted by Gasteiger charge is 2.51. The summed E-state index contributed by atoms with van der Waals surface area (Å²) in [4.78, 5) is 25.7. The van der Waals surface area contributed by atoms with Crippen molar-refractivity contribution in [1.82, 2.24) is 15.5 Å². The number of nitrogens with one attached hydrogen (secondary N) is 2. The Morgan fingerprint density at radius 3 is 2.50 bits per heavy atom. The molecule has 152 valence electrons. The van der Waals surface area contributed by atoms with Crippen LogP contribution in [0.2, 0.25) is 0 Å². The molecule has 1 heterocycles. The zero-order chi connectivity index (χ0) is 20.1. The smallest absolute Gasteiger partial charge is 0.318 e. The molecule has 1 aromatic rings. The van der Waals surface area contributed by atoms with Gasteiger partial charge in [0.25, 0.3) is 0 Å². The van der Waals surface area contributed by atoms with Crippen LogP contribution in [0.4, 0.5) is 4.79 Å². The van der Waals surface area contributed by atoms with Gasteiger partial charge < -0.3 is 20.6 Å². The number of rotatable bonds is 7. The number of carbonyl (C=O) groups is 2. The standard InChI is InChI=1S/C22H31N3O3/c1-3-12-23-22(28)25-19(13-24-15(2)27)21(20(25)14-26)18-10-8-17(9-11-18)16-6-4-5-7-16/h6,8-11,19-21,26H,3-5,7,12-14H2,1-2H3,(H,23,28)(H,24,27)/t19-,20-,21+/m1/s1. The second kappa shape index (κ2) is 9.24. The number of amides is 3. The van der Waals surface area contributed by atoms with E-state index >= 15 is 0 Å². The predicted molar refractivity (Wildman–Crippen MR) is 110 cm³/mol. The van der Waals surface area contributed by atoms with Gasteiger partial charge >= 0.3 is 6.03 Å². The summed E-state index contributed by atoms with van der Waals surface area (Å²) in [6.07, 6.45) is 6.63. The van der Waals surface area contributed by atoms with Crippen molar-refractivity contribution in [2.45, 2.75) is 57.5 Å². The van der Waals surface area contributed by atoms with E-state index in [0.717, 1.165) is 24.8 Å². The molecule has 0 unspecified atom stereocenters. The van der Waals surface area contributed by atoms with Crippen LogP contribution in [0.15, 0.2) is 30.3 Å². The average Bonchev–Trinajstić information content (AvgIpc) is 3.21. The van der Waals surface area contributed by atoms with Crippen molar-refractivity contribution < 1.29 is 14.7 Å². The monoisotopic (exact) mass is 385 g/mol. The fourth-order valence-electron chi connectivity index (χ4n) is 4.34. The Morgan fingerprint density at radius 2 is 1.93 bits per heavy atom. The van der Waals surface area contributed by atoms with E-state index in [-0.39, 0.29) is 36.5 Å². The topological polar surface area (TPSA) is 81.7 Å². The van der Waals surface area contributed by atoms with Crippen molar-refractivity contribution in [3.05, 3.63) is 41.5 Å². The lowest BCUT2D eigenvalue weighted by atomic mass is 9.75. The summed E-state index contributed by atoms with van der Waals surface area (Å²) in [5, 5.41) is 15.7. The van der Waals surface area contributed by atoms with Crippen molar-refractivity contribution in [3.63, 3.8) is 0 Å². The van der Waals surface area contributed by atoms with Crippen LogP contribution in [0, 0.1) is 0 Å². The SMILES string of the molecule is CCCNC(=O)N1[C@H](CO)[C@@H](c2ccc(C3=CCCC3)cc2)[C@H]1CNC(C)=O. The van der Waals surface area contributed by atoms with Crippen LogP contribution in [0.5, 0.6) is 0 Å². The fourth-order valence-corrected chi connectivity index (χ4v) is 4.34. The third kappa shape index (κ3) is 4.22. The van der Waals surface area contributed by atoms with E-state index in [9.17, 15) is 14.7 Å². The molecule has 3 atom stereocenters. The van der Waals surface area contributed by atoms with Gasteiger partial charge in [0.05, 0.1) is 18.7 Å². The molecule has 2 aliphatic rings. The number of hydrogen-bond acceptors (Lipinski definition) is 3. The van der Waals surface area contributed by atoms with Crippen LogP contribution < -0.4 is 10.6 Å². The first-order chi connectivity index (χ1) is 13.6. The van der Waals surface area contributed by atoms with Gasteiger partial charge in [0.2, 0.25) is 5.91 Å². The summed E-state index contributed by atoms with van der Waals surface area (Å²) >= 11 is 0. The number of nitrogens with zero attached hydrogens (tertiary/aromatic N) is 1. The maximum atomic E-state index is 12.6. The van der Waals surface area contributed by atoms with E-state index < -0.39 is 0 Å². The maximum absolute atomic E-state index is 12.6. The van der Waals surface area contributed by atoms with E-state index in [4.69, 9.17) is 0 Å². The lowest BCUT2D eigenvalue weighted by Gasteiger charge is -2.54. The average molecular weight is 386 g/mol. The van der Waals surface area contributed by atoms with Crippen molar-refractivity contribution in [2.75, 3.05) is 19.7 Å². The largest absolute Gasteiger partial charge is 0.394 e. The van der Waals surface area contributed by atoms with E-state index in [1.54, 1.807) is 4.90 Å². The minimum Gasteiger partial charge on any atom is -0.394 e. The number of aliphatic hydroxyl groups is 1. The molecule has 1 saturated heterocycles. The molecule has 0 radical (unpaired) electrons. The molecule has 0 aromatic heterocycles. The number of likely N-dealkylation sites (tertiary alicyclic amines) is 1. The minimum atomic E-state index is -0.285. The van der Waals surface area contributed by atoms with Crippen molar-refractivity contribution in [2.24, 2.45) is 0 Å². The number of hydrogen-bond donors (Lipinski definition) is 3. The summed E-state index contributed by atoms with van der Waals surface area (Å²) in [6, 6.07) is 7.84. The number of allylic oxidation sites excluding steroid dienone is 2. The lowest BCUT2D eigenvalue weighted by molar-refractivity contribution is -0.119. The summed E-state index contributed by atoms with van der Waals surface area (Å²) in [6.45, 7) is 4.34. The van der Waals surface area contributed by atoms with Gasteiger partial charge in [-0.05, 0) is 42.4 Å². The molecule has 1 aliphatic carbocycles. The molecule has 0 saturated carbocycles. The van der Waals surface area contributed by atoms with E-state index in [2.05, 4.69) is 41.0 Å². The molecule has 0 bridgehead atoms. The molecular weight excluding hydrogens is 354 g/mol. The quantitative estimate of drug-likeness (QED) is 0.675. The van der Waals surface area contributed by atoms with Gasteiger partial charge in [-0.25, -0.2) is 4.79 Å². The first-order valence-corrected chi connectivity index (χ1v) is 10.3. The summed E-state index contributed by atoms with van der Waals surface area (Å²) in [5.41, 5.74) is 3.74. The molecule has 6 heteroatoms. The first kappa shape index (κ1) is 20.4. The van der Waals surface area contributed by atoms with Crippen molar-refractivity contribution in [3.8, 4) is 0 Å². The Morgan fingerprint density at radius 1 is 1.18 bits per heavy atom. The third-order valence-electron chi connectivity index (χ3n) is 5.76. The third-order valence-corrected chi connectivity index (χ3v) is 5.76. The molecule has 1 fully saturated rings. The highest BCUT2D eigenvalue weighted by atomic mass is 16.3. The van der Waals surface area contributed by atoms with Crippen LogP contribution in [-0.4, -0.2) is 53.7 Å². The van der Waals surface area contributed by atoms with Gasteiger partial charge in [0.15, 0.2) is 0 Å². The van der Waals surface area contributed by atoms with Gasteiger partial charge in [-0.1, -0.05) is 37.3 Å². The molecule has 28 heavy (non-hydrogen) atoms. The summed E-state index contributed by atoms with van der Waals surface area (Å²) in [5.74, 6) is -0.125. The Kier molecular flexibility index (Phi) is 6.73. The highest BCUT2D eigenvalue weighted by molar-refractivity contribution is 5.77. The predicted octanol–water partition coefficient (Wildman–Crippen LogP) is 2.64. The molecule has 1 aliphatic heterocycles. The molecule has 0 spiro atoms. The van der Waals surface area contributed by atoms with Crippen LogP contribution in [0.25, 0.3) is 5.57 Å². The Balaban J connectivity index is 1.79. The van der Waals surface area contributed by atoms with Gasteiger partial charge in [0, 0.05) is 25.9 Å². The summed E-state index contributed by atoms with van der Waals surface area (Å²) < 4.78 is 0. The number of benzene rings is 1. The molecule has 3 amide bonds. The number of carbonyl (C=O) groups excluding carboxylic acids is 2.